The van der Waals surface area contributed by atoms with Gasteiger partial charge in [-0.25, -0.2) is 0 Å². The number of hydrogen-bond acceptors (Lipinski definition) is 4. The summed E-state index contributed by atoms with van der Waals surface area (Å²) in [6, 6.07) is 5.18. The van der Waals surface area contributed by atoms with Gasteiger partial charge in [0.05, 0.1) is 22.3 Å². The van der Waals surface area contributed by atoms with E-state index in [0.717, 1.165) is 12.8 Å². The van der Waals surface area contributed by atoms with Crippen LogP contribution in [0.1, 0.15) is 25.7 Å². The Hall–Kier alpha value is -1.01. The van der Waals surface area contributed by atoms with Crippen LogP contribution in [-0.4, -0.2) is 52.4 Å². The third-order valence-corrected chi connectivity index (χ3v) is 5.53. The van der Waals surface area contributed by atoms with Gasteiger partial charge in [-0.2, -0.15) is 0 Å². The lowest BCUT2D eigenvalue weighted by Crippen LogP contribution is -2.44. The van der Waals surface area contributed by atoms with Gasteiger partial charge in [0.25, 0.3) is 0 Å². The summed E-state index contributed by atoms with van der Waals surface area (Å²) in [5, 5.41) is 20.2. The van der Waals surface area contributed by atoms with Gasteiger partial charge >= 0.3 is 0 Å². The Kier molecular flexibility index (Phi) is 5.55. The maximum atomic E-state index is 12.5. The third kappa shape index (κ3) is 3.97. The van der Waals surface area contributed by atoms with Gasteiger partial charge in [-0.3, -0.25) is 4.79 Å². The maximum Gasteiger partial charge on any atom is 0.225 e. The van der Waals surface area contributed by atoms with E-state index in [1.54, 1.807) is 18.2 Å². The van der Waals surface area contributed by atoms with E-state index in [-0.39, 0.29) is 17.9 Å². The number of hydrogen-bond donors (Lipinski definition) is 2. The molecule has 0 bridgehead atoms. The van der Waals surface area contributed by atoms with Crippen molar-refractivity contribution in [3.63, 3.8) is 0 Å². The van der Waals surface area contributed by atoms with Crippen LogP contribution in [0.3, 0.4) is 0 Å². The van der Waals surface area contributed by atoms with E-state index in [1.807, 2.05) is 4.90 Å². The first-order valence-corrected chi connectivity index (χ1v) is 8.96. The van der Waals surface area contributed by atoms with Gasteiger partial charge in [-0.05, 0) is 25.0 Å². The van der Waals surface area contributed by atoms with Gasteiger partial charge in [0.2, 0.25) is 5.91 Å². The van der Waals surface area contributed by atoms with E-state index < -0.39 is 12.2 Å². The van der Waals surface area contributed by atoms with Crippen LogP contribution < -0.4 is 4.74 Å². The van der Waals surface area contributed by atoms with Crippen LogP contribution in [0.2, 0.25) is 10.0 Å². The minimum Gasteiger partial charge on any atom is -0.490 e. The molecule has 1 aliphatic carbocycles. The number of halogens is 2. The lowest BCUT2D eigenvalue weighted by Gasteiger charge is -2.33. The van der Waals surface area contributed by atoms with Crippen molar-refractivity contribution in [3.05, 3.63) is 28.2 Å². The van der Waals surface area contributed by atoms with Gasteiger partial charge in [0.15, 0.2) is 0 Å². The minimum atomic E-state index is -0.783. The molecule has 2 N–H and O–H groups in total. The van der Waals surface area contributed by atoms with Crippen LogP contribution in [0.5, 0.6) is 5.75 Å². The molecule has 7 heteroatoms. The zero-order valence-corrected chi connectivity index (χ0v) is 14.7. The normalized spacial score (nSPS) is 28.2. The quantitative estimate of drug-likeness (QED) is 0.853. The van der Waals surface area contributed by atoms with Crippen LogP contribution in [0.25, 0.3) is 0 Å². The number of piperidine rings is 1. The molecular formula is C17H21Cl2NO4. The summed E-state index contributed by atoms with van der Waals surface area (Å²) in [5.41, 5.74) is 0. The number of nitrogens with zero attached hydrogens (tertiary/aromatic N) is 1. The smallest absolute Gasteiger partial charge is 0.225 e. The molecule has 1 aromatic carbocycles. The first-order valence-electron chi connectivity index (χ1n) is 8.20. The second-order valence-electron chi connectivity index (χ2n) is 6.52. The molecule has 1 saturated heterocycles. The fourth-order valence-electron chi connectivity index (χ4n) is 3.39. The summed E-state index contributed by atoms with van der Waals surface area (Å²) >= 11 is 11.9. The van der Waals surface area contributed by atoms with Crippen molar-refractivity contribution < 1.29 is 19.7 Å². The second kappa shape index (κ2) is 7.48. The average molecular weight is 374 g/mol. The summed E-state index contributed by atoms with van der Waals surface area (Å²) in [6.07, 6.45) is 0.641. The van der Waals surface area contributed by atoms with E-state index in [1.165, 1.54) is 0 Å². The lowest BCUT2D eigenvalue weighted by molar-refractivity contribution is -0.137. The van der Waals surface area contributed by atoms with Crippen molar-refractivity contribution in [2.75, 3.05) is 13.1 Å². The third-order valence-electron chi connectivity index (χ3n) is 4.79. The van der Waals surface area contributed by atoms with Crippen LogP contribution in [0, 0.1) is 5.92 Å². The number of benzene rings is 1. The highest BCUT2D eigenvalue weighted by Crippen LogP contribution is 2.30. The molecule has 1 amide bonds. The van der Waals surface area contributed by atoms with E-state index in [4.69, 9.17) is 27.9 Å². The molecule has 24 heavy (non-hydrogen) atoms. The van der Waals surface area contributed by atoms with E-state index >= 15 is 0 Å². The van der Waals surface area contributed by atoms with Gasteiger partial charge in [-0.1, -0.05) is 23.2 Å². The predicted molar refractivity (Wildman–Crippen MR) is 91.4 cm³/mol. The number of likely N-dealkylation sites (tertiary alicyclic amines) is 1. The lowest BCUT2D eigenvalue weighted by atomic mass is 10.0. The molecule has 0 radical (unpaired) electrons. The summed E-state index contributed by atoms with van der Waals surface area (Å²) in [7, 11) is 0. The molecule has 3 rings (SSSR count). The number of aliphatic hydroxyl groups excluding tert-OH is 2. The van der Waals surface area contributed by atoms with Crippen molar-refractivity contribution in [1.29, 1.82) is 0 Å². The monoisotopic (exact) mass is 373 g/mol. The second-order valence-corrected chi connectivity index (χ2v) is 7.34. The van der Waals surface area contributed by atoms with Crippen molar-refractivity contribution in [3.8, 4) is 5.75 Å². The molecule has 0 spiro atoms. The van der Waals surface area contributed by atoms with Gasteiger partial charge in [-0.15, -0.1) is 0 Å². The standard InChI is InChI=1S/C17H21Cl2NO4/c18-13-2-1-12(9-14(13)19)24-11-3-5-20(6-4-11)17(23)10-7-15(21)16(22)8-10/h1-2,9-11,15-16,21-22H,3-8H2. The summed E-state index contributed by atoms with van der Waals surface area (Å²) < 4.78 is 5.92. The number of carbonyl (C=O) groups is 1. The summed E-state index contributed by atoms with van der Waals surface area (Å²) in [5.74, 6) is 0.428. The molecule has 132 valence electrons. The molecule has 1 saturated carbocycles. The zero-order chi connectivity index (χ0) is 17.3. The van der Waals surface area contributed by atoms with Crippen LogP contribution in [-0.2, 0) is 4.79 Å². The van der Waals surface area contributed by atoms with E-state index in [0.29, 0.717) is 41.7 Å². The Morgan fingerprint density at radius 1 is 1.08 bits per heavy atom. The summed E-state index contributed by atoms with van der Waals surface area (Å²) in [6.45, 7) is 1.24. The molecule has 1 aromatic rings. The predicted octanol–water partition coefficient (Wildman–Crippen LogP) is 2.50. The van der Waals surface area contributed by atoms with Crippen LogP contribution >= 0.6 is 23.2 Å². The Morgan fingerprint density at radius 3 is 2.29 bits per heavy atom. The molecular weight excluding hydrogens is 353 g/mol. The highest BCUT2D eigenvalue weighted by molar-refractivity contribution is 6.42. The minimum absolute atomic E-state index is 0.0265. The molecule has 1 heterocycles. The molecule has 1 aliphatic heterocycles. The van der Waals surface area contributed by atoms with Gasteiger partial charge < -0.3 is 19.8 Å². The number of amides is 1. The Morgan fingerprint density at radius 2 is 1.71 bits per heavy atom. The first kappa shape index (κ1) is 17.8. The maximum absolute atomic E-state index is 12.5. The molecule has 2 unspecified atom stereocenters. The van der Waals surface area contributed by atoms with E-state index in [2.05, 4.69) is 0 Å². The molecule has 2 aliphatic rings. The fourth-order valence-corrected chi connectivity index (χ4v) is 3.68. The highest BCUT2D eigenvalue weighted by Gasteiger charge is 2.38. The molecule has 0 aromatic heterocycles. The number of ether oxygens (including phenoxy) is 1. The van der Waals surface area contributed by atoms with Crippen molar-refractivity contribution in [1.82, 2.24) is 4.90 Å². The number of carbonyl (C=O) groups excluding carboxylic acids is 1. The molecule has 2 fully saturated rings. The first-order chi connectivity index (χ1) is 11.4. The van der Waals surface area contributed by atoms with Gasteiger partial charge in [0.1, 0.15) is 11.9 Å². The zero-order valence-electron chi connectivity index (χ0n) is 13.2. The SMILES string of the molecule is O=C(C1CC(O)C(O)C1)N1CCC(Oc2ccc(Cl)c(Cl)c2)CC1. The average Bonchev–Trinajstić information content (AvgIpc) is 2.90. The van der Waals surface area contributed by atoms with Crippen LogP contribution in [0.4, 0.5) is 0 Å². The van der Waals surface area contributed by atoms with Crippen molar-refractivity contribution in [2.24, 2.45) is 5.92 Å². The van der Waals surface area contributed by atoms with Crippen molar-refractivity contribution >= 4 is 29.1 Å². The Bertz CT molecular complexity index is 594. The highest BCUT2D eigenvalue weighted by atomic mass is 35.5. The topological polar surface area (TPSA) is 70.0 Å². The largest absolute Gasteiger partial charge is 0.490 e. The summed E-state index contributed by atoms with van der Waals surface area (Å²) in [4.78, 5) is 14.3. The van der Waals surface area contributed by atoms with Crippen molar-refractivity contribution in [2.45, 2.75) is 44.0 Å². The Labute approximate surface area is 151 Å². The number of aliphatic hydroxyl groups is 2. The van der Waals surface area contributed by atoms with E-state index in [9.17, 15) is 15.0 Å². The molecule has 2 atom stereocenters. The Balaban J connectivity index is 1.50. The van der Waals surface area contributed by atoms with Crippen LogP contribution in [0.15, 0.2) is 18.2 Å². The molecule has 5 nitrogen and oxygen atoms in total. The fraction of sp³-hybridized carbons (Fsp3) is 0.588. The number of rotatable bonds is 3. The van der Waals surface area contributed by atoms with Gasteiger partial charge in [0, 0.05) is 37.9 Å².